The number of nitrogens with two attached hydrogens (primary N) is 1. The van der Waals surface area contributed by atoms with Crippen LogP contribution >= 0.6 is 0 Å². The van der Waals surface area contributed by atoms with E-state index in [0.29, 0.717) is 0 Å². The summed E-state index contributed by atoms with van der Waals surface area (Å²) in [6, 6.07) is 0. The highest BCUT2D eigenvalue weighted by Crippen LogP contribution is 2.24. The van der Waals surface area contributed by atoms with E-state index in [4.69, 9.17) is 5.73 Å². The Morgan fingerprint density at radius 3 is 1.21 bits per heavy atom. The summed E-state index contributed by atoms with van der Waals surface area (Å²) in [4.78, 5) is 46.9. The van der Waals surface area contributed by atoms with Crippen molar-refractivity contribution in [3.8, 4) is 0 Å². The SMILES string of the molecule is CCOC(=O)C(C(N)=O)(C(=O)OCC)C(=O)OCC. The van der Waals surface area contributed by atoms with Crippen molar-refractivity contribution in [1.82, 2.24) is 0 Å². The van der Waals surface area contributed by atoms with Crippen molar-refractivity contribution < 1.29 is 33.4 Å². The van der Waals surface area contributed by atoms with Gasteiger partial charge in [-0.1, -0.05) is 0 Å². The summed E-state index contributed by atoms with van der Waals surface area (Å²) in [5.41, 5.74) is 2.11. The molecule has 0 aliphatic rings. The van der Waals surface area contributed by atoms with Gasteiger partial charge in [0.05, 0.1) is 19.8 Å². The Labute approximate surface area is 110 Å². The highest BCUT2D eigenvalue weighted by atomic mass is 16.6. The predicted molar refractivity (Wildman–Crippen MR) is 61.5 cm³/mol. The van der Waals surface area contributed by atoms with Crippen LogP contribution in [0.3, 0.4) is 0 Å². The monoisotopic (exact) mass is 275 g/mol. The summed E-state index contributed by atoms with van der Waals surface area (Å²) in [5.74, 6) is -5.71. The second-order valence-corrected chi connectivity index (χ2v) is 3.28. The molecule has 0 rings (SSSR count). The number of carbonyl (C=O) groups is 4. The molecule has 0 unspecified atom stereocenters. The first-order valence-electron chi connectivity index (χ1n) is 5.70. The zero-order valence-corrected chi connectivity index (χ0v) is 11.1. The van der Waals surface area contributed by atoms with E-state index in [1.165, 1.54) is 20.8 Å². The fraction of sp³-hybridized carbons (Fsp3) is 0.636. The Hall–Kier alpha value is -2.12. The number of carbonyl (C=O) groups excluding carboxylic acids is 4. The average molecular weight is 275 g/mol. The summed E-state index contributed by atoms with van der Waals surface area (Å²) in [7, 11) is 0. The highest BCUT2D eigenvalue weighted by Gasteiger charge is 2.63. The molecule has 1 amide bonds. The minimum Gasteiger partial charge on any atom is -0.464 e. The van der Waals surface area contributed by atoms with Crippen LogP contribution in [0.15, 0.2) is 0 Å². The van der Waals surface area contributed by atoms with Gasteiger partial charge in [0, 0.05) is 0 Å². The summed E-state index contributed by atoms with van der Waals surface area (Å²) < 4.78 is 13.7. The molecule has 0 saturated carbocycles. The summed E-state index contributed by atoms with van der Waals surface area (Å²) >= 11 is 0. The lowest BCUT2D eigenvalue weighted by molar-refractivity contribution is -0.184. The van der Waals surface area contributed by atoms with Gasteiger partial charge < -0.3 is 19.9 Å². The third kappa shape index (κ3) is 3.21. The number of hydrogen-bond acceptors (Lipinski definition) is 7. The number of amides is 1. The van der Waals surface area contributed by atoms with E-state index in [-0.39, 0.29) is 19.8 Å². The zero-order valence-electron chi connectivity index (χ0n) is 11.1. The van der Waals surface area contributed by atoms with Gasteiger partial charge in [0.15, 0.2) is 0 Å². The van der Waals surface area contributed by atoms with E-state index in [9.17, 15) is 19.2 Å². The van der Waals surface area contributed by atoms with E-state index in [2.05, 4.69) is 14.2 Å². The highest BCUT2D eigenvalue weighted by molar-refractivity contribution is 6.33. The van der Waals surface area contributed by atoms with Crippen molar-refractivity contribution in [3.05, 3.63) is 0 Å². The second kappa shape index (κ2) is 7.34. The molecule has 0 aromatic heterocycles. The van der Waals surface area contributed by atoms with Gasteiger partial charge in [-0.15, -0.1) is 0 Å². The van der Waals surface area contributed by atoms with Gasteiger partial charge in [-0.25, -0.2) is 14.4 Å². The maximum Gasteiger partial charge on any atom is 0.345 e. The number of esters is 3. The van der Waals surface area contributed by atoms with E-state index in [0.717, 1.165) is 0 Å². The Morgan fingerprint density at radius 1 is 0.789 bits per heavy atom. The number of ether oxygens (including phenoxy) is 3. The predicted octanol–water partition coefficient (Wildman–Crippen LogP) is -0.853. The van der Waals surface area contributed by atoms with Gasteiger partial charge in [-0.3, -0.25) is 4.79 Å². The largest absolute Gasteiger partial charge is 0.464 e. The van der Waals surface area contributed by atoms with Crippen molar-refractivity contribution in [2.24, 2.45) is 11.1 Å². The molecule has 0 aromatic rings. The maximum absolute atomic E-state index is 11.8. The van der Waals surface area contributed by atoms with Gasteiger partial charge in [0.2, 0.25) is 0 Å². The molecule has 8 nitrogen and oxygen atoms in total. The van der Waals surface area contributed by atoms with Crippen LogP contribution in [0.1, 0.15) is 20.8 Å². The first-order chi connectivity index (χ1) is 8.89. The van der Waals surface area contributed by atoms with Crippen molar-refractivity contribution in [2.75, 3.05) is 19.8 Å². The van der Waals surface area contributed by atoms with Crippen LogP contribution < -0.4 is 5.73 Å². The Kier molecular flexibility index (Phi) is 6.53. The van der Waals surface area contributed by atoms with Crippen molar-refractivity contribution in [1.29, 1.82) is 0 Å². The van der Waals surface area contributed by atoms with Gasteiger partial charge in [0.25, 0.3) is 5.91 Å². The van der Waals surface area contributed by atoms with Gasteiger partial charge >= 0.3 is 23.3 Å². The van der Waals surface area contributed by atoms with Gasteiger partial charge in [-0.05, 0) is 20.8 Å². The molecular weight excluding hydrogens is 258 g/mol. The lowest BCUT2D eigenvalue weighted by atomic mass is 9.87. The lowest BCUT2D eigenvalue weighted by Crippen LogP contribution is -2.57. The molecule has 19 heavy (non-hydrogen) atoms. The van der Waals surface area contributed by atoms with E-state index in [1.807, 2.05) is 0 Å². The Balaban J connectivity index is 5.74. The number of hydrogen-bond donors (Lipinski definition) is 1. The summed E-state index contributed by atoms with van der Waals surface area (Å²) in [5, 5.41) is 0. The van der Waals surface area contributed by atoms with Crippen LogP contribution in [0.5, 0.6) is 0 Å². The third-order valence-corrected chi connectivity index (χ3v) is 2.11. The molecule has 0 atom stereocenters. The normalized spacial score (nSPS) is 10.5. The van der Waals surface area contributed by atoms with Crippen LogP contribution in [0, 0.1) is 5.41 Å². The molecule has 0 aliphatic carbocycles. The van der Waals surface area contributed by atoms with E-state index >= 15 is 0 Å². The van der Waals surface area contributed by atoms with Crippen LogP contribution in [0.25, 0.3) is 0 Å². The van der Waals surface area contributed by atoms with Crippen LogP contribution in [-0.2, 0) is 33.4 Å². The topological polar surface area (TPSA) is 122 Å². The smallest absolute Gasteiger partial charge is 0.345 e. The summed E-state index contributed by atoms with van der Waals surface area (Å²) in [6.07, 6.45) is 0. The molecule has 0 fully saturated rings. The van der Waals surface area contributed by atoms with E-state index in [1.54, 1.807) is 0 Å². The van der Waals surface area contributed by atoms with Crippen LogP contribution in [0.2, 0.25) is 0 Å². The molecule has 0 heterocycles. The molecule has 0 radical (unpaired) electrons. The van der Waals surface area contributed by atoms with Crippen molar-refractivity contribution in [2.45, 2.75) is 20.8 Å². The molecule has 0 spiro atoms. The Morgan fingerprint density at radius 2 is 1.05 bits per heavy atom. The second-order valence-electron chi connectivity index (χ2n) is 3.28. The minimum atomic E-state index is -2.91. The molecule has 0 aliphatic heterocycles. The van der Waals surface area contributed by atoms with Gasteiger partial charge in [-0.2, -0.15) is 0 Å². The maximum atomic E-state index is 11.8. The van der Waals surface area contributed by atoms with E-state index < -0.39 is 29.2 Å². The first-order valence-corrected chi connectivity index (χ1v) is 5.70. The average Bonchev–Trinajstić information content (AvgIpc) is 2.30. The molecule has 0 bridgehead atoms. The third-order valence-electron chi connectivity index (χ3n) is 2.11. The number of primary amides is 1. The Bertz CT molecular complexity index is 332. The first kappa shape index (κ1) is 16.9. The van der Waals surface area contributed by atoms with Crippen molar-refractivity contribution >= 4 is 23.8 Å². The molecule has 108 valence electrons. The fourth-order valence-corrected chi connectivity index (χ4v) is 1.27. The molecular formula is C11H17NO7. The number of rotatable bonds is 7. The van der Waals surface area contributed by atoms with Crippen LogP contribution in [0.4, 0.5) is 0 Å². The van der Waals surface area contributed by atoms with Gasteiger partial charge in [0.1, 0.15) is 0 Å². The zero-order chi connectivity index (χ0) is 15.1. The summed E-state index contributed by atoms with van der Waals surface area (Å²) in [6.45, 7) is 3.89. The minimum absolute atomic E-state index is 0.146. The molecule has 2 N–H and O–H groups in total. The molecule has 8 heteroatoms. The quantitative estimate of drug-likeness (QED) is 0.364. The van der Waals surface area contributed by atoms with Crippen LogP contribution in [-0.4, -0.2) is 43.6 Å². The van der Waals surface area contributed by atoms with Crippen molar-refractivity contribution in [3.63, 3.8) is 0 Å². The fourth-order valence-electron chi connectivity index (χ4n) is 1.27. The molecule has 0 saturated heterocycles. The standard InChI is InChI=1S/C11H17NO7/c1-4-17-8(14)11(7(12)13,9(15)18-5-2)10(16)19-6-3/h4-6H2,1-3H3,(H2,12,13). The molecule has 0 aromatic carbocycles. The lowest BCUT2D eigenvalue weighted by Gasteiger charge is -2.23.